The first-order chi connectivity index (χ1) is 7.22. The van der Waals surface area contributed by atoms with Gasteiger partial charge in [-0.2, -0.15) is 0 Å². The van der Waals surface area contributed by atoms with Gasteiger partial charge in [0.2, 0.25) is 0 Å². The summed E-state index contributed by atoms with van der Waals surface area (Å²) in [7, 11) is 0. The van der Waals surface area contributed by atoms with Gasteiger partial charge in [-0.15, -0.1) is 5.10 Å². The molecule has 0 saturated carbocycles. The molecule has 1 rings (SSSR count). The second-order valence-electron chi connectivity index (χ2n) is 3.94. The summed E-state index contributed by atoms with van der Waals surface area (Å²) in [5, 5.41) is 8.09. The third-order valence-corrected chi connectivity index (χ3v) is 2.19. The molecular weight excluding hydrogens is 190 g/mol. The van der Waals surface area contributed by atoms with Crippen molar-refractivity contribution in [2.75, 3.05) is 6.61 Å². The van der Waals surface area contributed by atoms with Gasteiger partial charge in [-0.1, -0.05) is 5.21 Å². The van der Waals surface area contributed by atoms with E-state index in [9.17, 15) is 0 Å². The minimum Gasteiger partial charge on any atom is -0.379 e. The molecule has 0 aliphatic carbocycles. The summed E-state index contributed by atoms with van der Waals surface area (Å²) >= 11 is 0. The Bertz CT molecular complexity index is 271. The second-order valence-corrected chi connectivity index (χ2v) is 3.94. The van der Waals surface area contributed by atoms with Crippen molar-refractivity contribution in [3.63, 3.8) is 0 Å². The van der Waals surface area contributed by atoms with E-state index >= 15 is 0 Å². The average Bonchev–Trinajstić information content (AvgIpc) is 2.65. The molecule has 4 nitrogen and oxygen atoms in total. The van der Waals surface area contributed by atoms with Crippen LogP contribution in [0.5, 0.6) is 0 Å². The first kappa shape index (κ1) is 12.2. The molecule has 0 aliphatic heterocycles. The van der Waals surface area contributed by atoms with Crippen LogP contribution in [0.15, 0.2) is 6.20 Å². The Balaban J connectivity index is 2.09. The summed E-state index contributed by atoms with van der Waals surface area (Å²) in [5.41, 5.74) is 1.08. The third-order valence-electron chi connectivity index (χ3n) is 2.19. The predicted octanol–water partition coefficient (Wildman–Crippen LogP) is 2.05. The van der Waals surface area contributed by atoms with Crippen molar-refractivity contribution in [1.82, 2.24) is 15.0 Å². The first-order valence-electron chi connectivity index (χ1n) is 5.73. The lowest BCUT2D eigenvalue weighted by molar-refractivity contribution is 0.0760. The molecule has 1 aromatic heterocycles. The van der Waals surface area contributed by atoms with Crippen molar-refractivity contribution in [2.24, 2.45) is 0 Å². The molecule has 0 amide bonds. The minimum atomic E-state index is 0.339. The van der Waals surface area contributed by atoms with E-state index in [-0.39, 0.29) is 0 Å². The van der Waals surface area contributed by atoms with Crippen molar-refractivity contribution in [2.45, 2.75) is 52.7 Å². The number of aromatic nitrogens is 3. The fraction of sp³-hybridized carbons (Fsp3) is 0.818. The Morgan fingerprint density at radius 2 is 2.20 bits per heavy atom. The van der Waals surface area contributed by atoms with E-state index in [1.165, 1.54) is 0 Å². The van der Waals surface area contributed by atoms with Crippen LogP contribution in [0.25, 0.3) is 0 Å². The van der Waals surface area contributed by atoms with E-state index in [2.05, 4.69) is 31.1 Å². The lowest BCUT2D eigenvalue weighted by Crippen LogP contribution is -2.04. The highest BCUT2D eigenvalue weighted by molar-refractivity contribution is 4.91. The van der Waals surface area contributed by atoms with Crippen molar-refractivity contribution < 1.29 is 4.74 Å². The van der Waals surface area contributed by atoms with E-state index in [4.69, 9.17) is 4.74 Å². The van der Waals surface area contributed by atoms with Crippen molar-refractivity contribution in [3.8, 4) is 0 Å². The number of unbranched alkanes of at least 4 members (excludes halogenated alkanes) is 1. The van der Waals surface area contributed by atoms with E-state index in [0.717, 1.165) is 38.1 Å². The summed E-state index contributed by atoms with van der Waals surface area (Å²) in [6.45, 7) is 7.93. The van der Waals surface area contributed by atoms with E-state index in [0.29, 0.717) is 6.10 Å². The zero-order valence-electron chi connectivity index (χ0n) is 9.94. The van der Waals surface area contributed by atoms with Gasteiger partial charge in [-0.3, -0.25) is 4.68 Å². The molecule has 4 heteroatoms. The molecule has 0 fully saturated rings. The number of hydrogen-bond acceptors (Lipinski definition) is 3. The summed E-state index contributed by atoms with van der Waals surface area (Å²) in [6, 6.07) is 0. The van der Waals surface area contributed by atoms with Gasteiger partial charge in [0.05, 0.1) is 11.8 Å². The molecule has 0 saturated heterocycles. The van der Waals surface area contributed by atoms with Crippen LogP contribution in [-0.4, -0.2) is 27.7 Å². The van der Waals surface area contributed by atoms with Crippen LogP contribution in [0, 0.1) is 0 Å². The van der Waals surface area contributed by atoms with Gasteiger partial charge in [-0.25, -0.2) is 0 Å². The normalized spacial score (nSPS) is 11.2. The van der Waals surface area contributed by atoms with Gasteiger partial charge < -0.3 is 4.74 Å². The zero-order valence-corrected chi connectivity index (χ0v) is 9.94. The summed E-state index contributed by atoms with van der Waals surface area (Å²) in [5.74, 6) is 0. The molecule has 0 atom stereocenters. The number of ether oxygens (including phenoxy) is 1. The molecule has 0 N–H and O–H groups in total. The lowest BCUT2D eigenvalue weighted by atomic mass is 10.2. The minimum absolute atomic E-state index is 0.339. The van der Waals surface area contributed by atoms with E-state index in [1.54, 1.807) is 0 Å². The Morgan fingerprint density at radius 3 is 2.80 bits per heavy atom. The molecule has 0 aliphatic rings. The molecular formula is C11H21N3O. The first-order valence-corrected chi connectivity index (χ1v) is 5.73. The predicted molar refractivity (Wildman–Crippen MR) is 59.7 cm³/mol. The van der Waals surface area contributed by atoms with Crippen LogP contribution in [0.3, 0.4) is 0 Å². The van der Waals surface area contributed by atoms with Crippen LogP contribution < -0.4 is 0 Å². The maximum atomic E-state index is 5.46. The van der Waals surface area contributed by atoms with Gasteiger partial charge in [0.15, 0.2) is 0 Å². The Labute approximate surface area is 91.6 Å². The van der Waals surface area contributed by atoms with Crippen LogP contribution in [-0.2, 0) is 17.7 Å². The third kappa shape index (κ3) is 4.93. The van der Waals surface area contributed by atoms with Crippen LogP contribution >= 0.6 is 0 Å². The second kappa shape index (κ2) is 6.56. The SMILES string of the molecule is CCn1cc(CCCCOC(C)C)nn1. The Morgan fingerprint density at radius 1 is 1.40 bits per heavy atom. The van der Waals surface area contributed by atoms with Gasteiger partial charge in [0, 0.05) is 19.3 Å². The average molecular weight is 211 g/mol. The smallest absolute Gasteiger partial charge is 0.0827 e. The molecule has 0 aromatic carbocycles. The maximum absolute atomic E-state index is 5.46. The van der Waals surface area contributed by atoms with Crippen LogP contribution in [0.4, 0.5) is 0 Å². The largest absolute Gasteiger partial charge is 0.379 e. The highest BCUT2D eigenvalue weighted by Crippen LogP contribution is 2.02. The topological polar surface area (TPSA) is 39.9 Å². The molecule has 0 spiro atoms. The van der Waals surface area contributed by atoms with Gasteiger partial charge in [0.1, 0.15) is 0 Å². The molecule has 1 aromatic rings. The molecule has 0 bridgehead atoms. The lowest BCUT2D eigenvalue weighted by Gasteiger charge is -2.05. The van der Waals surface area contributed by atoms with Crippen LogP contribution in [0.1, 0.15) is 39.3 Å². The van der Waals surface area contributed by atoms with Gasteiger partial charge >= 0.3 is 0 Å². The Hall–Kier alpha value is -0.900. The molecule has 86 valence electrons. The van der Waals surface area contributed by atoms with Gasteiger partial charge in [-0.05, 0) is 40.0 Å². The van der Waals surface area contributed by atoms with Crippen molar-refractivity contribution in [3.05, 3.63) is 11.9 Å². The fourth-order valence-electron chi connectivity index (χ4n) is 1.33. The van der Waals surface area contributed by atoms with E-state index in [1.807, 2.05) is 10.9 Å². The van der Waals surface area contributed by atoms with Crippen molar-refractivity contribution >= 4 is 0 Å². The van der Waals surface area contributed by atoms with Gasteiger partial charge in [0.25, 0.3) is 0 Å². The Kier molecular flexibility index (Phi) is 5.32. The number of nitrogens with zero attached hydrogens (tertiary/aromatic N) is 3. The quantitative estimate of drug-likeness (QED) is 0.648. The van der Waals surface area contributed by atoms with Crippen molar-refractivity contribution in [1.29, 1.82) is 0 Å². The monoisotopic (exact) mass is 211 g/mol. The molecule has 0 unspecified atom stereocenters. The molecule has 15 heavy (non-hydrogen) atoms. The number of rotatable bonds is 7. The highest BCUT2D eigenvalue weighted by Gasteiger charge is 1.99. The fourth-order valence-corrected chi connectivity index (χ4v) is 1.33. The highest BCUT2D eigenvalue weighted by atomic mass is 16.5. The van der Waals surface area contributed by atoms with E-state index < -0.39 is 0 Å². The molecule has 0 radical (unpaired) electrons. The number of hydrogen-bond donors (Lipinski definition) is 0. The molecule has 1 heterocycles. The number of aryl methyl sites for hydroxylation is 2. The van der Waals surface area contributed by atoms with Crippen LogP contribution in [0.2, 0.25) is 0 Å². The maximum Gasteiger partial charge on any atom is 0.0827 e. The summed E-state index contributed by atoms with van der Waals surface area (Å²) in [6.07, 6.45) is 5.57. The summed E-state index contributed by atoms with van der Waals surface area (Å²) in [4.78, 5) is 0. The standard InChI is InChI=1S/C11H21N3O/c1-4-14-9-11(12-13-14)7-5-6-8-15-10(2)3/h9-10H,4-8H2,1-3H3. The zero-order chi connectivity index (χ0) is 11.1. The summed E-state index contributed by atoms with van der Waals surface area (Å²) < 4.78 is 7.33.